The van der Waals surface area contributed by atoms with Gasteiger partial charge in [-0.3, -0.25) is 4.72 Å². The molecule has 0 atom stereocenters. The largest absolute Gasteiger partial charge is 0.506 e. The molecule has 0 aliphatic heterocycles. The van der Waals surface area contributed by atoms with Crippen LogP contribution in [0.4, 0.5) is 18.9 Å². The molecule has 0 heterocycles. The summed E-state index contributed by atoms with van der Waals surface area (Å²) in [5, 5.41) is 9.42. The standard InChI is InChI=1S/C12H8F3NO3S/c13-7-1-4-12(17)11(5-7)16-20(18,19)8-2-3-9(14)10(15)6-8/h1-6,16-17H. The van der Waals surface area contributed by atoms with Crippen LogP contribution in [0.3, 0.4) is 0 Å². The Bertz CT molecular complexity index is 763. The molecule has 4 nitrogen and oxygen atoms in total. The van der Waals surface area contributed by atoms with Crippen LogP contribution in [0.15, 0.2) is 41.3 Å². The molecule has 0 aromatic heterocycles. The second-order valence-corrected chi connectivity index (χ2v) is 5.53. The van der Waals surface area contributed by atoms with Crippen molar-refractivity contribution in [2.45, 2.75) is 4.90 Å². The van der Waals surface area contributed by atoms with Crippen LogP contribution in [0.1, 0.15) is 0 Å². The molecule has 0 spiro atoms. The number of hydrogen-bond donors (Lipinski definition) is 2. The number of anilines is 1. The van der Waals surface area contributed by atoms with Crippen LogP contribution >= 0.6 is 0 Å². The normalized spacial score (nSPS) is 11.3. The van der Waals surface area contributed by atoms with Gasteiger partial charge in [0.25, 0.3) is 10.0 Å². The summed E-state index contributed by atoms with van der Waals surface area (Å²) in [7, 11) is -4.28. The molecule has 0 aliphatic carbocycles. The smallest absolute Gasteiger partial charge is 0.262 e. The molecule has 2 rings (SSSR count). The van der Waals surface area contributed by atoms with Crippen molar-refractivity contribution in [3.8, 4) is 5.75 Å². The summed E-state index contributed by atoms with van der Waals surface area (Å²) >= 11 is 0. The number of aromatic hydroxyl groups is 1. The number of halogens is 3. The van der Waals surface area contributed by atoms with Crippen molar-refractivity contribution in [3.63, 3.8) is 0 Å². The van der Waals surface area contributed by atoms with Gasteiger partial charge in [-0.25, -0.2) is 21.6 Å². The van der Waals surface area contributed by atoms with Crippen LogP contribution in [-0.4, -0.2) is 13.5 Å². The molecule has 106 valence electrons. The minimum absolute atomic E-state index is 0.408. The summed E-state index contributed by atoms with van der Waals surface area (Å²) in [6.45, 7) is 0. The zero-order chi connectivity index (χ0) is 14.9. The summed E-state index contributed by atoms with van der Waals surface area (Å²) in [6, 6.07) is 4.62. The van der Waals surface area contributed by atoms with Crippen LogP contribution in [0.5, 0.6) is 5.75 Å². The van der Waals surface area contributed by atoms with Crippen LogP contribution in [0.25, 0.3) is 0 Å². The zero-order valence-electron chi connectivity index (χ0n) is 9.77. The Morgan fingerprint density at radius 2 is 1.65 bits per heavy atom. The predicted molar refractivity (Wildman–Crippen MR) is 65.2 cm³/mol. The maximum atomic E-state index is 13.0. The van der Waals surface area contributed by atoms with E-state index in [0.29, 0.717) is 12.1 Å². The average molecular weight is 303 g/mol. The van der Waals surface area contributed by atoms with Gasteiger partial charge in [-0.1, -0.05) is 0 Å². The highest BCUT2D eigenvalue weighted by Gasteiger charge is 2.18. The fourth-order valence-electron chi connectivity index (χ4n) is 1.44. The topological polar surface area (TPSA) is 66.4 Å². The van der Waals surface area contributed by atoms with E-state index in [-0.39, 0.29) is 0 Å². The number of hydrogen-bond acceptors (Lipinski definition) is 3. The highest BCUT2D eigenvalue weighted by molar-refractivity contribution is 7.92. The SMILES string of the molecule is O=S(=O)(Nc1cc(F)ccc1O)c1ccc(F)c(F)c1. The van der Waals surface area contributed by atoms with Crippen molar-refractivity contribution >= 4 is 15.7 Å². The first-order valence-electron chi connectivity index (χ1n) is 5.26. The molecule has 2 N–H and O–H groups in total. The second-order valence-electron chi connectivity index (χ2n) is 3.84. The minimum Gasteiger partial charge on any atom is -0.506 e. The van der Waals surface area contributed by atoms with Gasteiger partial charge in [0.1, 0.15) is 11.6 Å². The van der Waals surface area contributed by atoms with Crippen LogP contribution in [0, 0.1) is 17.5 Å². The summed E-state index contributed by atoms with van der Waals surface area (Å²) in [4.78, 5) is -0.555. The highest BCUT2D eigenvalue weighted by Crippen LogP contribution is 2.26. The van der Waals surface area contributed by atoms with Gasteiger partial charge in [-0.05, 0) is 30.3 Å². The van der Waals surface area contributed by atoms with Crippen LogP contribution in [-0.2, 0) is 10.0 Å². The number of sulfonamides is 1. The maximum absolute atomic E-state index is 13.0. The first-order chi connectivity index (χ1) is 9.29. The zero-order valence-corrected chi connectivity index (χ0v) is 10.6. The Hall–Kier alpha value is -2.22. The first-order valence-corrected chi connectivity index (χ1v) is 6.74. The van der Waals surface area contributed by atoms with E-state index in [4.69, 9.17) is 0 Å². The molecule has 0 radical (unpaired) electrons. The minimum atomic E-state index is -4.28. The van der Waals surface area contributed by atoms with E-state index in [2.05, 4.69) is 0 Å². The van der Waals surface area contributed by atoms with E-state index in [9.17, 15) is 26.7 Å². The van der Waals surface area contributed by atoms with Gasteiger partial charge in [-0.15, -0.1) is 0 Å². The summed E-state index contributed by atoms with van der Waals surface area (Å²) in [5.41, 5.74) is -0.408. The van der Waals surface area contributed by atoms with Crippen molar-refractivity contribution < 1.29 is 26.7 Å². The van der Waals surface area contributed by atoms with Crippen molar-refractivity contribution in [2.24, 2.45) is 0 Å². The molecule has 2 aromatic rings. The van der Waals surface area contributed by atoms with E-state index < -0.39 is 43.8 Å². The third kappa shape index (κ3) is 2.85. The predicted octanol–water partition coefficient (Wildman–Crippen LogP) is 2.61. The monoisotopic (exact) mass is 303 g/mol. The van der Waals surface area contributed by atoms with Crippen molar-refractivity contribution in [1.29, 1.82) is 0 Å². The number of phenols is 1. The average Bonchev–Trinajstić information content (AvgIpc) is 2.36. The quantitative estimate of drug-likeness (QED) is 0.857. The first kappa shape index (κ1) is 14.2. The molecule has 0 saturated heterocycles. The summed E-state index contributed by atoms with van der Waals surface area (Å²) in [5.74, 6) is -3.81. The molecule has 0 bridgehead atoms. The molecule has 2 aromatic carbocycles. The lowest BCUT2D eigenvalue weighted by Gasteiger charge is -2.09. The molecule has 0 fully saturated rings. The Labute approximate surface area is 112 Å². The Morgan fingerprint density at radius 3 is 2.30 bits per heavy atom. The van der Waals surface area contributed by atoms with E-state index >= 15 is 0 Å². The summed E-state index contributed by atoms with van der Waals surface area (Å²) < 4.78 is 64.4. The molecule has 0 aliphatic rings. The van der Waals surface area contributed by atoms with Crippen LogP contribution < -0.4 is 4.72 Å². The van der Waals surface area contributed by atoms with Crippen molar-refractivity contribution in [1.82, 2.24) is 0 Å². The summed E-state index contributed by atoms with van der Waals surface area (Å²) in [6.07, 6.45) is 0. The fraction of sp³-hybridized carbons (Fsp3) is 0. The van der Waals surface area contributed by atoms with E-state index in [1.54, 1.807) is 0 Å². The Morgan fingerprint density at radius 1 is 0.950 bits per heavy atom. The van der Waals surface area contributed by atoms with E-state index in [0.717, 1.165) is 24.3 Å². The third-order valence-electron chi connectivity index (χ3n) is 2.40. The molecule has 8 heteroatoms. The molecular formula is C12H8F3NO3S. The van der Waals surface area contributed by atoms with Crippen LogP contribution in [0.2, 0.25) is 0 Å². The Balaban J connectivity index is 2.40. The van der Waals surface area contributed by atoms with Crippen molar-refractivity contribution in [3.05, 3.63) is 53.8 Å². The molecule has 0 saturated carbocycles. The number of nitrogens with one attached hydrogen (secondary N) is 1. The van der Waals surface area contributed by atoms with Crippen molar-refractivity contribution in [2.75, 3.05) is 4.72 Å². The van der Waals surface area contributed by atoms with E-state index in [1.807, 2.05) is 4.72 Å². The number of phenolic OH excluding ortho intramolecular Hbond substituents is 1. The lowest BCUT2D eigenvalue weighted by molar-refractivity contribution is 0.475. The number of rotatable bonds is 3. The second kappa shape index (κ2) is 5.04. The van der Waals surface area contributed by atoms with Gasteiger partial charge >= 0.3 is 0 Å². The maximum Gasteiger partial charge on any atom is 0.262 e. The highest BCUT2D eigenvalue weighted by atomic mass is 32.2. The van der Waals surface area contributed by atoms with Gasteiger partial charge < -0.3 is 5.11 Å². The molecular weight excluding hydrogens is 295 g/mol. The van der Waals surface area contributed by atoms with Gasteiger partial charge in [0.15, 0.2) is 11.6 Å². The third-order valence-corrected chi connectivity index (χ3v) is 3.77. The molecule has 0 unspecified atom stereocenters. The number of benzene rings is 2. The molecule has 0 amide bonds. The Kier molecular flexibility index (Phi) is 3.58. The lowest BCUT2D eigenvalue weighted by Crippen LogP contribution is -2.13. The van der Waals surface area contributed by atoms with E-state index in [1.165, 1.54) is 0 Å². The fourth-order valence-corrected chi connectivity index (χ4v) is 2.51. The van der Waals surface area contributed by atoms with Gasteiger partial charge in [0.05, 0.1) is 10.6 Å². The van der Waals surface area contributed by atoms with Gasteiger partial charge in [-0.2, -0.15) is 0 Å². The van der Waals surface area contributed by atoms with Gasteiger partial charge in [0.2, 0.25) is 0 Å². The van der Waals surface area contributed by atoms with Gasteiger partial charge in [0, 0.05) is 6.07 Å². The lowest BCUT2D eigenvalue weighted by atomic mass is 10.3. The molecule has 20 heavy (non-hydrogen) atoms.